The Morgan fingerprint density at radius 2 is 2.25 bits per heavy atom. The summed E-state index contributed by atoms with van der Waals surface area (Å²) in [6.45, 7) is 1.32. The van der Waals surface area contributed by atoms with Crippen molar-refractivity contribution in [3.05, 3.63) is 36.3 Å². The van der Waals surface area contributed by atoms with E-state index in [-0.39, 0.29) is 10.7 Å². The van der Waals surface area contributed by atoms with Crippen LogP contribution >= 0.6 is 0 Å². The van der Waals surface area contributed by atoms with E-state index in [4.69, 9.17) is 5.11 Å². The highest BCUT2D eigenvalue weighted by Gasteiger charge is 2.18. The van der Waals surface area contributed by atoms with Gasteiger partial charge in [-0.15, -0.1) is 0 Å². The number of aromatic nitrogens is 3. The SMILES string of the molecule is Cc1cccnc1NS(=O)(=O)c1cnn(CC(=O)O)c1. The fourth-order valence-corrected chi connectivity index (χ4v) is 2.52. The van der Waals surface area contributed by atoms with Gasteiger partial charge in [0.15, 0.2) is 0 Å². The Hall–Kier alpha value is -2.42. The van der Waals surface area contributed by atoms with Crippen molar-refractivity contribution < 1.29 is 18.3 Å². The second-order valence-electron chi connectivity index (χ2n) is 4.04. The molecule has 0 unspecified atom stereocenters. The molecule has 0 saturated heterocycles. The molecule has 2 N–H and O–H groups in total. The Kier molecular flexibility index (Phi) is 3.70. The summed E-state index contributed by atoms with van der Waals surface area (Å²) < 4.78 is 27.6. The quantitative estimate of drug-likeness (QED) is 0.829. The van der Waals surface area contributed by atoms with E-state index in [1.165, 1.54) is 6.20 Å². The Morgan fingerprint density at radius 3 is 2.90 bits per heavy atom. The smallest absolute Gasteiger partial charge is 0.325 e. The van der Waals surface area contributed by atoms with Crippen molar-refractivity contribution in [2.75, 3.05) is 4.72 Å². The largest absolute Gasteiger partial charge is 0.480 e. The van der Waals surface area contributed by atoms with Crippen LogP contribution < -0.4 is 4.72 Å². The van der Waals surface area contributed by atoms with Crippen LogP contribution in [0.3, 0.4) is 0 Å². The number of nitrogens with one attached hydrogen (secondary N) is 1. The van der Waals surface area contributed by atoms with Crippen molar-refractivity contribution in [1.29, 1.82) is 0 Å². The van der Waals surface area contributed by atoms with Gasteiger partial charge >= 0.3 is 5.97 Å². The Bertz CT molecular complexity index is 738. The van der Waals surface area contributed by atoms with E-state index in [0.717, 1.165) is 17.1 Å². The van der Waals surface area contributed by atoms with Crippen LogP contribution in [0, 0.1) is 6.92 Å². The Balaban J connectivity index is 2.25. The molecule has 0 bridgehead atoms. The molecule has 0 aromatic carbocycles. The molecule has 0 amide bonds. The van der Waals surface area contributed by atoms with Crippen LogP contribution in [0.5, 0.6) is 0 Å². The fourth-order valence-electron chi connectivity index (χ4n) is 1.49. The van der Waals surface area contributed by atoms with Crippen molar-refractivity contribution >= 4 is 21.8 Å². The molecule has 2 rings (SSSR count). The number of anilines is 1. The van der Waals surface area contributed by atoms with Gasteiger partial charge in [0.1, 0.15) is 17.3 Å². The van der Waals surface area contributed by atoms with Crippen LogP contribution in [0.1, 0.15) is 5.56 Å². The minimum absolute atomic E-state index is 0.121. The maximum absolute atomic E-state index is 12.1. The molecule has 0 saturated carbocycles. The van der Waals surface area contributed by atoms with Gasteiger partial charge in [-0.2, -0.15) is 5.10 Å². The number of nitrogens with zero attached hydrogens (tertiary/aromatic N) is 3. The van der Waals surface area contributed by atoms with Crippen molar-refractivity contribution in [3.63, 3.8) is 0 Å². The summed E-state index contributed by atoms with van der Waals surface area (Å²) in [5, 5.41) is 12.3. The second kappa shape index (κ2) is 5.29. The van der Waals surface area contributed by atoms with Gasteiger partial charge < -0.3 is 5.11 Å². The van der Waals surface area contributed by atoms with Crippen LogP contribution in [-0.2, 0) is 21.4 Å². The van der Waals surface area contributed by atoms with Crippen LogP contribution in [0.2, 0.25) is 0 Å². The van der Waals surface area contributed by atoms with E-state index in [1.807, 2.05) is 0 Å². The molecule has 9 heteroatoms. The van der Waals surface area contributed by atoms with Gasteiger partial charge in [0.2, 0.25) is 0 Å². The minimum Gasteiger partial charge on any atom is -0.480 e. The van der Waals surface area contributed by atoms with Crippen molar-refractivity contribution in [3.8, 4) is 0 Å². The first-order chi connectivity index (χ1) is 9.38. The molecule has 0 fully saturated rings. The normalized spacial score (nSPS) is 11.2. The number of pyridine rings is 1. The highest BCUT2D eigenvalue weighted by molar-refractivity contribution is 7.92. The molecular weight excluding hydrogens is 284 g/mol. The molecule has 2 heterocycles. The minimum atomic E-state index is -3.84. The summed E-state index contributed by atoms with van der Waals surface area (Å²) in [6.07, 6.45) is 3.71. The predicted molar refractivity (Wildman–Crippen MR) is 69.6 cm³/mol. The van der Waals surface area contributed by atoms with E-state index in [9.17, 15) is 13.2 Å². The fraction of sp³-hybridized carbons (Fsp3) is 0.182. The lowest BCUT2D eigenvalue weighted by atomic mass is 10.3. The molecule has 2 aromatic rings. The molecule has 0 radical (unpaired) electrons. The second-order valence-corrected chi connectivity index (χ2v) is 5.72. The molecule has 0 spiro atoms. The topological polar surface area (TPSA) is 114 Å². The molecule has 0 aliphatic carbocycles. The number of aryl methyl sites for hydroxylation is 1. The van der Waals surface area contributed by atoms with Gasteiger partial charge in [-0.1, -0.05) is 6.07 Å². The maximum Gasteiger partial charge on any atom is 0.325 e. The first-order valence-electron chi connectivity index (χ1n) is 5.57. The summed E-state index contributed by atoms with van der Waals surface area (Å²) in [5.41, 5.74) is 0.675. The highest BCUT2D eigenvalue weighted by atomic mass is 32.2. The third kappa shape index (κ3) is 3.12. The Labute approximate surface area is 115 Å². The molecule has 0 atom stereocenters. The van der Waals surface area contributed by atoms with Gasteiger partial charge in [-0.05, 0) is 18.6 Å². The number of hydrogen-bond acceptors (Lipinski definition) is 5. The number of rotatable bonds is 5. The zero-order valence-electron chi connectivity index (χ0n) is 10.5. The van der Waals surface area contributed by atoms with Gasteiger partial charge in [-0.25, -0.2) is 13.4 Å². The van der Waals surface area contributed by atoms with Crippen molar-refractivity contribution in [2.24, 2.45) is 0 Å². The zero-order valence-corrected chi connectivity index (χ0v) is 11.3. The monoisotopic (exact) mass is 296 g/mol. The number of carboxylic acid groups (broad SMARTS) is 1. The standard InChI is InChI=1S/C11H12N4O4S/c1-8-3-2-4-12-11(8)14-20(18,19)9-5-13-15(6-9)7-10(16)17/h2-6H,7H2,1H3,(H,12,14)(H,16,17). The summed E-state index contributed by atoms with van der Waals surface area (Å²) in [6, 6.07) is 3.41. The third-order valence-electron chi connectivity index (χ3n) is 2.46. The van der Waals surface area contributed by atoms with E-state index in [2.05, 4.69) is 14.8 Å². The molecule has 2 aromatic heterocycles. The van der Waals surface area contributed by atoms with Gasteiger partial charge in [-0.3, -0.25) is 14.2 Å². The number of carbonyl (C=O) groups is 1. The molecule has 8 nitrogen and oxygen atoms in total. The van der Waals surface area contributed by atoms with Crippen LogP contribution in [0.4, 0.5) is 5.82 Å². The molecule has 106 valence electrons. The average Bonchev–Trinajstić information content (AvgIpc) is 2.80. The lowest BCUT2D eigenvalue weighted by molar-refractivity contribution is -0.137. The van der Waals surface area contributed by atoms with E-state index in [0.29, 0.717) is 5.56 Å². The summed E-state index contributed by atoms with van der Waals surface area (Å²) >= 11 is 0. The van der Waals surface area contributed by atoms with Gasteiger partial charge in [0.05, 0.1) is 6.20 Å². The number of carboxylic acids is 1. The lowest BCUT2D eigenvalue weighted by Gasteiger charge is -2.07. The number of hydrogen-bond donors (Lipinski definition) is 2. The third-order valence-corrected chi connectivity index (χ3v) is 3.75. The maximum atomic E-state index is 12.1. The van der Waals surface area contributed by atoms with E-state index >= 15 is 0 Å². The zero-order chi connectivity index (χ0) is 14.8. The first-order valence-corrected chi connectivity index (χ1v) is 7.05. The summed E-state index contributed by atoms with van der Waals surface area (Å²) in [4.78, 5) is 14.3. The van der Waals surface area contributed by atoms with Gasteiger partial charge in [0, 0.05) is 12.4 Å². The molecular formula is C11H12N4O4S. The lowest BCUT2D eigenvalue weighted by Crippen LogP contribution is -2.14. The molecule has 0 aliphatic rings. The molecule has 20 heavy (non-hydrogen) atoms. The van der Waals surface area contributed by atoms with Crippen molar-refractivity contribution in [1.82, 2.24) is 14.8 Å². The van der Waals surface area contributed by atoms with Crippen LogP contribution in [0.25, 0.3) is 0 Å². The van der Waals surface area contributed by atoms with E-state index < -0.39 is 22.5 Å². The molecule has 0 aliphatic heterocycles. The van der Waals surface area contributed by atoms with Crippen LogP contribution in [-0.4, -0.2) is 34.3 Å². The average molecular weight is 296 g/mol. The first kappa shape index (κ1) is 14.0. The number of aliphatic carboxylic acids is 1. The van der Waals surface area contributed by atoms with E-state index in [1.54, 1.807) is 19.1 Å². The van der Waals surface area contributed by atoms with Crippen LogP contribution in [0.15, 0.2) is 35.6 Å². The summed E-state index contributed by atoms with van der Waals surface area (Å²) in [7, 11) is -3.84. The van der Waals surface area contributed by atoms with Crippen molar-refractivity contribution in [2.45, 2.75) is 18.4 Å². The summed E-state index contributed by atoms with van der Waals surface area (Å²) in [5.74, 6) is -0.885. The van der Waals surface area contributed by atoms with Gasteiger partial charge in [0.25, 0.3) is 10.0 Å². The predicted octanol–water partition coefficient (Wildman–Crippen LogP) is 0.472. The Morgan fingerprint density at radius 1 is 1.50 bits per heavy atom. The number of sulfonamides is 1. The highest BCUT2D eigenvalue weighted by Crippen LogP contribution is 2.16.